The zero-order chi connectivity index (χ0) is 11.4. The van der Waals surface area contributed by atoms with Crippen LogP contribution in [0, 0.1) is 13.8 Å². The molecule has 4 N–H and O–H groups in total. The summed E-state index contributed by atoms with van der Waals surface area (Å²) in [7, 11) is 0. The lowest BCUT2D eigenvalue weighted by molar-refractivity contribution is -0.123. The van der Waals surface area contributed by atoms with Crippen LogP contribution in [-0.4, -0.2) is 23.7 Å². The lowest BCUT2D eigenvalue weighted by Gasteiger charge is -2.10. The monoisotopic (exact) mass is 208 g/mol. The fourth-order valence-corrected chi connectivity index (χ4v) is 1.38. The minimum Gasteiger partial charge on any atom is -0.382 e. The highest BCUT2D eigenvalue weighted by atomic mass is 16.3. The molecule has 0 aliphatic rings. The van der Waals surface area contributed by atoms with Crippen LogP contribution in [0.5, 0.6) is 0 Å². The van der Waals surface area contributed by atoms with Crippen LogP contribution in [0.3, 0.4) is 0 Å². The van der Waals surface area contributed by atoms with Crippen LogP contribution in [0.2, 0.25) is 0 Å². The second-order valence-electron chi connectivity index (χ2n) is 3.62. The third-order valence-electron chi connectivity index (χ3n) is 2.02. The molecule has 4 nitrogen and oxygen atoms in total. The van der Waals surface area contributed by atoms with Crippen molar-refractivity contribution in [2.45, 2.75) is 20.0 Å². The zero-order valence-electron chi connectivity index (χ0n) is 8.95. The Morgan fingerprint density at radius 2 is 1.93 bits per heavy atom. The molecular weight excluding hydrogens is 192 g/mol. The molecule has 1 aromatic rings. The van der Waals surface area contributed by atoms with Crippen LogP contribution in [0.25, 0.3) is 0 Å². The number of aliphatic hydroxyl groups is 1. The van der Waals surface area contributed by atoms with Gasteiger partial charge >= 0.3 is 0 Å². The maximum Gasteiger partial charge on any atom is 0.254 e. The van der Waals surface area contributed by atoms with E-state index in [2.05, 4.69) is 5.32 Å². The normalized spacial score (nSPS) is 12.3. The van der Waals surface area contributed by atoms with E-state index >= 15 is 0 Å². The van der Waals surface area contributed by atoms with Gasteiger partial charge in [0.1, 0.15) is 6.10 Å². The molecule has 0 radical (unpaired) electrons. The molecule has 1 rings (SSSR count). The van der Waals surface area contributed by atoms with Crippen molar-refractivity contribution in [1.29, 1.82) is 0 Å². The van der Waals surface area contributed by atoms with Crippen molar-refractivity contribution in [3.8, 4) is 0 Å². The first kappa shape index (κ1) is 11.7. The van der Waals surface area contributed by atoms with Gasteiger partial charge in [0.25, 0.3) is 5.91 Å². The summed E-state index contributed by atoms with van der Waals surface area (Å²) in [5.41, 5.74) is 7.99. The molecule has 0 bridgehead atoms. The molecule has 4 heteroatoms. The van der Waals surface area contributed by atoms with Gasteiger partial charge < -0.3 is 16.2 Å². The van der Waals surface area contributed by atoms with Crippen molar-refractivity contribution in [1.82, 2.24) is 0 Å². The fourth-order valence-electron chi connectivity index (χ4n) is 1.38. The number of amides is 1. The van der Waals surface area contributed by atoms with Crippen LogP contribution in [-0.2, 0) is 4.79 Å². The van der Waals surface area contributed by atoms with E-state index in [9.17, 15) is 9.90 Å². The molecule has 1 unspecified atom stereocenters. The molecule has 0 aliphatic carbocycles. The predicted molar refractivity (Wildman–Crippen MR) is 59.6 cm³/mol. The van der Waals surface area contributed by atoms with Gasteiger partial charge in [0.2, 0.25) is 0 Å². The van der Waals surface area contributed by atoms with Gasteiger partial charge in [-0.2, -0.15) is 0 Å². The number of carbonyl (C=O) groups excluding carboxylic acids is 1. The first-order chi connectivity index (χ1) is 7.02. The summed E-state index contributed by atoms with van der Waals surface area (Å²) in [5.74, 6) is -0.470. The van der Waals surface area contributed by atoms with E-state index in [-0.39, 0.29) is 6.54 Å². The average Bonchev–Trinajstić information content (AvgIpc) is 2.14. The number of benzene rings is 1. The highest BCUT2D eigenvalue weighted by Crippen LogP contribution is 2.13. The Labute approximate surface area is 89.1 Å². The van der Waals surface area contributed by atoms with E-state index in [0.29, 0.717) is 5.69 Å². The summed E-state index contributed by atoms with van der Waals surface area (Å²) in [6.07, 6.45) is -1.15. The van der Waals surface area contributed by atoms with Crippen molar-refractivity contribution >= 4 is 11.6 Å². The number of aryl methyl sites for hydroxylation is 2. The Bertz CT molecular complexity index is 343. The number of carbonyl (C=O) groups is 1. The second kappa shape index (κ2) is 4.91. The molecule has 15 heavy (non-hydrogen) atoms. The first-order valence-electron chi connectivity index (χ1n) is 4.80. The SMILES string of the molecule is Cc1cc(C)cc(NC(=O)C(O)CN)c1. The molecule has 0 aromatic heterocycles. The fraction of sp³-hybridized carbons (Fsp3) is 0.364. The smallest absolute Gasteiger partial charge is 0.254 e. The number of hydrogen-bond acceptors (Lipinski definition) is 3. The lowest BCUT2D eigenvalue weighted by Crippen LogP contribution is -2.34. The first-order valence-corrected chi connectivity index (χ1v) is 4.80. The molecule has 0 aliphatic heterocycles. The summed E-state index contributed by atoms with van der Waals surface area (Å²) >= 11 is 0. The van der Waals surface area contributed by atoms with E-state index in [4.69, 9.17) is 5.73 Å². The largest absolute Gasteiger partial charge is 0.382 e. The topological polar surface area (TPSA) is 75.3 Å². The second-order valence-corrected chi connectivity index (χ2v) is 3.62. The molecule has 0 spiro atoms. The number of aliphatic hydroxyl groups excluding tert-OH is 1. The molecular formula is C11H16N2O2. The lowest BCUT2D eigenvalue weighted by atomic mass is 10.1. The van der Waals surface area contributed by atoms with Crippen LogP contribution in [0.1, 0.15) is 11.1 Å². The highest BCUT2D eigenvalue weighted by molar-refractivity contribution is 5.94. The summed E-state index contributed by atoms with van der Waals surface area (Å²) in [5, 5.41) is 11.8. The quantitative estimate of drug-likeness (QED) is 0.679. The molecule has 1 amide bonds. The van der Waals surface area contributed by atoms with Crippen molar-refractivity contribution < 1.29 is 9.90 Å². The number of hydrogen-bond donors (Lipinski definition) is 3. The van der Waals surface area contributed by atoms with Gasteiger partial charge in [-0.1, -0.05) is 6.07 Å². The third kappa shape index (κ3) is 3.34. The number of anilines is 1. The highest BCUT2D eigenvalue weighted by Gasteiger charge is 2.12. The van der Waals surface area contributed by atoms with Gasteiger partial charge in [0.15, 0.2) is 0 Å². The predicted octanol–water partition coefficient (Wildman–Crippen LogP) is 0.562. The van der Waals surface area contributed by atoms with E-state index in [1.807, 2.05) is 32.0 Å². The van der Waals surface area contributed by atoms with Crippen molar-refractivity contribution in [2.75, 3.05) is 11.9 Å². The maximum absolute atomic E-state index is 11.3. The van der Waals surface area contributed by atoms with Gasteiger partial charge in [0.05, 0.1) is 0 Å². The number of rotatable bonds is 3. The van der Waals surface area contributed by atoms with Crippen LogP contribution < -0.4 is 11.1 Å². The average molecular weight is 208 g/mol. The molecule has 82 valence electrons. The Morgan fingerprint density at radius 3 is 2.40 bits per heavy atom. The Hall–Kier alpha value is -1.39. The van der Waals surface area contributed by atoms with Gasteiger partial charge in [-0.05, 0) is 37.1 Å². The molecule has 0 saturated heterocycles. The summed E-state index contributed by atoms with van der Waals surface area (Å²) in [4.78, 5) is 11.3. The van der Waals surface area contributed by atoms with Gasteiger partial charge in [-0.25, -0.2) is 0 Å². The Kier molecular flexibility index (Phi) is 3.82. The minimum atomic E-state index is -1.15. The van der Waals surface area contributed by atoms with Crippen LogP contribution >= 0.6 is 0 Å². The third-order valence-corrected chi connectivity index (χ3v) is 2.02. The van der Waals surface area contributed by atoms with Gasteiger partial charge in [0, 0.05) is 12.2 Å². The summed E-state index contributed by atoms with van der Waals surface area (Å²) < 4.78 is 0. The van der Waals surface area contributed by atoms with Gasteiger partial charge in [-0.15, -0.1) is 0 Å². The Balaban J connectivity index is 2.76. The van der Waals surface area contributed by atoms with E-state index in [1.54, 1.807) is 0 Å². The molecule has 0 saturated carbocycles. The van der Waals surface area contributed by atoms with E-state index in [0.717, 1.165) is 11.1 Å². The molecule has 0 fully saturated rings. The van der Waals surface area contributed by atoms with Crippen LogP contribution in [0.4, 0.5) is 5.69 Å². The van der Waals surface area contributed by atoms with Gasteiger partial charge in [-0.3, -0.25) is 4.79 Å². The van der Waals surface area contributed by atoms with Crippen LogP contribution in [0.15, 0.2) is 18.2 Å². The van der Waals surface area contributed by atoms with Crippen molar-refractivity contribution in [3.05, 3.63) is 29.3 Å². The minimum absolute atomic E-state index is 0.0728. The number of nitrogens with two attached hydrogens (primary N) is 1. The van der Waals surface area contributed by atoms with E-state index in [1.165, 1.54) is 0 Å². The van der Waals surface area contributed by atoms with Crippen molar-refractivity contribution in [2.24, 2.45) is 5.73 Å². The summed E-state index contributed by atoms with van der Waals surface area (Å²) in [6.45, 7) is 3.82. The van der Waals surface area contributed by atoms with Crippen molar-refractivity contribution in [3.63, 3.8) is 0 Å². The zero-order valence-corrected chi connectivity index (χ0v) is 8.95. The molecule has 0 heterocycles. The number of nitrogens with one attached hydrogen (secondary N) is 1. The molecule has 1 aromatic carbocycles. The molecule has 1 atom stereocenters. The summed E-state index contributed by atoms with van der Waals surface area (Å²) in [6, 6.07) is 5.69. The maximum atomic E-state index is 11.3. The standard InChI is InChI=1S/C11H16N2O2/c1-7-3-8(2)5-9(4-7)13-11(15)10(14)6-12/h3-5,10,14H,6,12H2,1-2H3,(H,13,15). The van der Waals surface area contributed by atoms with E-state index < -0.39 is 12.0 Å². The Morgan fingerprint density at radius 1 is 1.40 bits per heavy atom.